The molecular weight excluding hydrogens is 611 g/mol. The molecule has 0 bridgehead atoms. The van der Waals surface area contributed by atoms with Crippen LogP contribution >= 0.6 is 0 Å². The Bertz CT molecular complexity index is 1650. The SMILES string of the molecule is CC(NC(=O)[C@H](CCCC(=NS(C)=O)N[S@](C)=O)NC(=O)c1ccc(CNCc2ncc[nH]2)cc1)c1cccc2ccccc12. The summed E-state index contributed by atoms with van der Waals surface area (Å²) in [7, 11) is -2.88. The summed E-state index contributed by atoms with van der Waals surface area (Å²) in [5.41, 5.74) is 2.39. The van der Waals surface area contributed by atoms with Gasteiger partial charge < -0.3 is 20.9 Å². The van der Waals surface area contributed by atoms with E-state index in [0.717, 1.165) is 27.7 Å². The molecule has 0 aliphatic rings. The second-order valence-electron chi connectivity index (χ2n) is 10.6. The molecule has 4 atom stereocenters. The van der Waals surface area contributed by atoms with Crippen molar-refractivity contribution in [2.75, 3.05) is 12.5 Å². The Balaban J connectivity index is 1.44. The lowest BCUT2D eigenvalue weighted by Crippen LogP contribution is -2.47. The molecule has 45 heavy (non-hydrogen) atoms. The molecule has 2 amide bonds. The van der Waals surface area contributed by atoms with E-state index in [9.17, 15) is 18.0 Å². The van der Waals surface area contributed by atoms with Crippen LogP contribution in [0.3, 0.4) is 0 Å². The number of rotatable bonds is 15. The van der Waals surface area contributed by atoms with Gasteiger partial charge in [-0.1, -0.05) is 54.6 Å². The van der Waals surface area contributed by atoms with Crippen LogP contribution in [0, 0.1) is 0 Å². The average molecular weight is 650 g/mol. The van der Waals surface area contributed by atoms with E-state index in [1.807, 2.05) is 61.5 Å². The van der Waals surface area contributed by atoms with Crippen LogP contribution < -0.4 is 20.7 Å². The molecule has 1 aromatic heterocycles. The van der Waals surface area contributed by atoms with E-state index >= 15 is 0 Å². The third-order valence-corrected chi connectivity index (χ3v) is 8.07. The Morgan fingerprint density at radius 1 is 0.956 bits per heavy atom. The summed E-state index contributed by atoms with van der Waals surface area (Å²) in [6, 6.07) is 20.0. The predicted molar refractivity (Wildman–Crippen MR) is 180 cm³/mol. The van der Waals surface area contributed by atoms with Crippen molar-refractivity contribution in [2.24, 2.45) is 4.40 Å². The van der Waals surface area contributed by atoms with Crippen molar-refractivity contribution in [3.05, 3.63) is 102 Å². The molecule has 0 spiro atoms. The maximum atomic E-state index is 13.6. The van der Waals surface area contributed by atoms with Crippen LogP contribution in [0.2, 0.25) is 0 Å². The molecule has 0 aliphatic carbocycles. The molecule has 5 N–H and O–H groups in total. The van der Waals surface area contributed by atoms with Gasteiger partial charge in [-0.2, -0.15) is 4.40 Å². The summed E-state index contributed by atoms with van der Waals surface area (Å²) in [4.78, 5) is 34.2. The van der Waals surface area contributed by atoms with Gasteiger partial charge in [0.15, 0.2) is 0 Å². The number of hydrogen-bond donors (Lipinski definition) is 5. The lowest BCUT2D eigenvalue weighted by atomic mass is 9.99. The molecule has 11 nitrogen and oxygen atoms in total. The van der Waals surface area contributed by atoms with Gasteiger partial charge >= 0.3 is 0 Å². The minimum atomic E-state index is -1.49. The molecule has 4 rings (SSSR count). The van der Waals surface area contributed by atoms with Gasteiger partial charge in [-0.25, -0.2) is 13.4 Å². The van der Waals surface area contributed by atoms with Crippen molar-refractivity contribution in [2.45, 2.75) is 51.4 Å². The van der Waals surface area contributed by atoms with E-state index in [-0.39, 0.29) is 24.3 Å². The highest BCUT2D eigenvalue weighted by Gasteiger charge is 2.24. The molecule has 0 aliphatic heterocycles. The molecule has 1 heterocycles. The van der Waals surface area contributed by atoms with E-state index in [1.54, 1.807) is 24.5 Å². The summed E-state index contributed by atoms with van der Waals surface area (Å²) < 4.78 is 30.1. The zero-order valence-electron chi connectivity index (χ0n) is 25.5. The van der Waals surface area contributed by atoms with Crippen molar-refractivity contribution in [3.63, 3.8) is 0 Å². The number of fused-ring (bicyclic) bond motifs is 1. The van der Waals surface area contributed by atoms with Crippen LogP contribution in [0.15, 0.2) is 83.5 Å². The first-order valence-corrected chi connectivity index (χ1v) is 17.6. The van der Waals surface area contributed by atoms with E-state index in [4.69, 9.17) is 0 Å². The zero-order chi connectivity index (χ0) is 32.2. The van der Waals surface area contributed by atoms with E-state index < -0.39 is 28.0 Å². The fourth-order valence-electron chi connectivity index (χ4n) is 4.93. The Hall–Kier alpha value is -4.20. The molecule has 13 heteroatoms. The van der Waals surface area contributed by atoms with Crippen LogP contribution in [-0.4, -0.2) is 54.6 Å². The average Bonchev–Trinajstić information content (AvgIpc) is 3.53. The molecule has 2 unspecified atom stereocenters. The lowest BCUT2D eigenvalue weighted by molar-refractivity contribution is -0.123. The molecule has 0 saturated heterocycles. The lowest BCUT2D eigenvalue weighted by Gasteiger charge is -2.23. The van der Waals surface area contributed by atoms with Gasteiger partial charge in [0, 0.05) is 43.4 Å². The van der Waals surface area contributed by atoms with E-state index in [0.29, 0.717) is 37.3 Å². The van der Waals surface area contributed by atoms with Crippen molar-refractivity contribution in [1.29, 1.82) is 0 Å². The van der Waals surface area contributed by atoms with Gasteiger partial charge in [-0.3, -0.25) is 14.3 Å². The zero-order valence-corrected chi connectivity index (χ0v) is 27.2. The topological polar surface area (TPSA) is 157 Å². The van der Waals surface area contributed by atoms with Gasteiger partial charge in [0.25, 0.3) is 5.91 Å². The number of aromatic amines is 1. The van der Waals surface area contributed by atoms with Crippen LogP contribution in [0.5, 0.6) is 0 Å². The number of carbonyl (C=O) groups is 2. The maximum Gasteiger partial charge on any atom is 0.251 e. The van der Waals surface area contributed by atoms with Crippen molar-refractivity contribution >= 4 is 50.4 Å². The third kappa shape index (κ3) is 10.4. The highest BCUT2D eigenvalue weighted by molar-refractivity contribution is 7.84. The third-order valence-electron chi connectivity index (χ3n) is 7.07. The Morgan fingerprint density at radius 3 is 2.42 bits per heavy atom. The minimum absolute atomic E-state index is 0.280. The van der Waals surface area contributed by atoms with Gasteiger partial charge in [0.05, 0.1) is 12.6 Å². The first kappa shape index (κ1) is 33.7. The second-order valence-corrected chi connectivity index (χ2v) is 12.7. The normalized spacial score (nSPS) is 14.3. The van der Waals surface area contributed by atoms with E-state index in [1.165, 1.54) is 12.5 Å². The molecule has 4 aromatic rings. The number of benzene rings is 3. The fourth-order valence-corrected chi connectivity index (χ4v) is 5.92. The number of imidazole rings is 1. The molecule has 238 valence electrons. The van der Waals surface area contributed by atoms with Crippen LogP contribution in [-0.2, 0) is 39.9 Å². The monoisotopic (exact) mass is 649 g/mol. The maximum absolute atomic E-state index is 13.6. The Kier molecular flexibility index (Phi) is 12.5. The number of H-pyrrole nitrogens is 1. The molecule has 0 saturated carbocycles. The summed E-state index contributed by atoms with van der Waals surface area (Å²) >= 11 is 0. The largest absolute Gasteiger partial charge is 0.348 e. The van der Waals surface area contributed by atoms with E-state index in [2.05, 4.69) is 35.0 Å². The second kappa shape index (κ2) is 16.8. The number of aromatic nitrogens is 2. The highest BCUT2D eigenvalue weighted by Crippen LogP contribution is 2.24. The summed E-state index contributed by atoms with van der Waals surface area (Å²) in [5, 5.41) is 11.4. The van der Waals surface area contributed by atoms with Gasteiger partial charge in [-0.15, -0.1) is 0 Å². The quantitative estimate of drug-likeness (QED) is 0.0979. The van der Waals surface area contributed by atoms with Crippen molar-refractivity contribution in [1.82, 2.24) is 30.6 Å². The number of carbonyl (C=O) groups excluding carboxylic acids is 2. The summed E-state index contributed by atoms with van der Waals surface area (Å²) in [6.45, 7) is 3.11. The number of nitrogens with one attached hydrogen (secondary N) is 5. The highest BCUT2D eigenvalue weighted by atomic mass is 32.2. The molecule has 3 aromatic carbocycles. The van der Waals surface area contributed by atoms with Gasteiger partial charge in [0.2, 0.25) is 5.91 Å². The smallest absolute Gasteiger partial charge is 0.251 e. The number of amidine groups is 1. The minimum Gasteiger partial charge on any atom is -0.348 e. The van der Waals surface area contributed by atoms with Crippen molar-refractivity contribution < 1.29 is 18.0 Å². The molecule has 0 fully saturated rings. The van der Waals surface area contributed by atoms with Crippen LogP contribution in [0.4, 0.5) is 0 Å². The van der Waals surface area contributed by atoms with Crippen LogP contribution in [0.1, 0.15) is 59.5 Å². The first-order valence-electron chi connectivity index (χ1n) is 14.6. The first-order chi connectivity index (χ1) is 21.7. The van der Waals surface area contributed by atoms with Crippen molar-refractivity contribution in [3.8, 4) is 0 Å². The van der Waals surface area contributed by atoms with Gasteiger partial charge in [0.1, 0.15) is 39.7 Å². The van der Waals surface area contributed by atoms with Gasteiger partial charge in [-0.05, 0) is 53.8 Å². The Labute approximate surface area is 268 Å². The van der Waals surface area contributed by atoms with Crippen LogP contribution in [0.25, 0.3) is 10.8 Å². The standard InChI is InChI=1S/C32H39N7O4S2/c1-22(26-11-6-9-24-8-4-5-10-27(24)26)36-32(41)28(12-7-13-29(38-44(2)42)39-45(3)43)37-31(40)25-16-14-23(15-17-25)20-33-21-30-34-18-19-35-30/h4-6,8-11,14-19,22,28,33H,7,12-13,20-21H2,1-3H3,(H,34,35)(H,36,41)(H,37,40)(H,38,39)/t22?,28-,44-,45?/m0/s1. The predicted octanol–water partition coefficient (Wildman–Crippen LogP) is 3.57. The number of nitrogens with zero attached hydrogens (tertiary/aromatic N) is 2. The number of hydrogen-bond acceptors (Lipinski definition) is 6. The summed E-state index contributed by atoms with van der Waals surface area (Å²) in [6.07, 6.45) is 7.35. The Morgan fingerprint density at radius 2 is 1.71 bits per heavy atom. The number of amides is 2. The molecule has 0 radical (unpaired) electrons. The fraction of sp³-hybridized carbons (Fsp3) is 0.312. The molecular formula is C32H39N7O4S2. The summed E-state index contributed by atoms with van der Waals surface area (Å²) in [5.74, 6) is 0.458.